The molecule has 0 aliphatic carbocycles. The van der Waals surface area contributed by atoms with E-state index in [4.69, 9.17) is 10.2 Å². The molecule has 2 N–H and O–H groups in total. The Morgan fingerprint density at radius 2 is 1.29 bits per heavy atom. The van der Waals surface area contributed by atoms with Crippen molar-refractivity contribution in [3.05, 3.63) is 114 Å². The summed E-state index contributed by atoms with van der Waals surface area (Å²) in [5.41, 5.74) is 2.39. The van der Waals surface area contributed by atoms with Gasteiger partial charge in [0.2, 0.25) is 5.97 Å². The first-order valence-corrected chi connectivity index (χ1v) is 8.11. The number of carbonyl (C=O) groups is 1. The summed E-state index contributed by atoms with van der Waals surface area (Å²) in [7, 11) is 0. The first kappa shape index (κ1) is 28.1. The van der Waals surface area contributed by atoms with Gasteiger partial charge in [-0.1, -0.05) is 31.7 Å². The van der Waals surface area contributed by atoms with Crippen molar-refractivity contribution in [1.82, 2.24) is 0 Å². The van der Waals surface area contributed by atoms with Crippen LogP contribution in [-0.2, 0) is 39.0 Å². The SMILES string of the molecule is C[CH-]c1ccccc1.C[CH-]c1ccccc1.O=C(O)c1c[c-]c[c-]c1O.[Zn+2].[Zn+2]. The second-order valence-electron chi connectivity index (χ2n) is 5.07. The Morgan fingerprint density at radius 1 is 0.857 bits per heavy atom. The molecule has 0 radical (unpaired) electrons. The first-order valence-electron chi connectivity index (χ1n) is 8.11. The summed E-state index contributed by atoms with van der Waals surface area (Å²) in [4.78, 5) is 10.2. The van der Waals surface area contributed by atoms with Crippen LogP contribution in [0.5, 0.6) is 5.75 Å². The molecule has 3 aromatic carbocycles. The average Bonchev–Trinajstić information content (AvgIpc) is 2.70. The van der Waals surface area contributed by atoms with Gasteiger partial charge in [0.1, 0.15) is 0 Å². The Kier molecular flexibility index (Phi) is 17.1. The van der Waals surface area contributed by atoms with E-state index in [2.05, 4.69) is 49.2 Å². The van der Waals surface area contributed by atoms with Crippen molar-refractivity contribution < 1.29 is 54.0 Å². The Morgan fingerprint density at radius 3 is 1.54 bits per heavy atom. The third-order valence-corrected chi connectivity index (χ3v) is 3.27. The molecule has 28 heavy (non-hydrogen) atoms. The quantitative estimate of drug-likeness (QED) is 0.403. The van der Waals surface area contributed by atoms with Gasteiger partial charge >= 0.3 is 39.0 Å². The van der Waals surface area contributed by atoms with E-state index in [1.807, 2.05) is 50.2 Å². The van der Waals surface area contributed by atoms with Crippen LogP contribution in [0.25, 0.3) is 0 Å². The van der Waals surface area contributed by atoms with Crippen molar-refractivity contribution in [2.24, 2.45) is 0 Å². The van der Waals surface area contributed by atoms with Crippen molar-refractivity contribution in [3.63, 3.8) is 0 Å². The summed E-state index contributed by atoms with van der Waals surface area (Å²) in [6.45, 7) is 4.07. The van der Waals surface area contributed by atoms with Gasteiger partial charge in [-0.3, -0.25) is 10.9 Å². The van der Waals surface area contributed by atoms with E-state index >= 15 is 0 Å². The summed E-state index contributed by atoms with van der Waals surface area (Å²) in [5.74, 6) is -1.53. The Labute approximate surface area is 193 Å². The number of hydrogen-bond donors (Lipinski definition) is 2. The van der Waals surface area contributed by atoms with Gasteiger partial charge in [0.15, 0.2) is 0 Å². The maximum absolute atomic E-state index is 10.2. The Balaban J connectivity index is 0. The number of phenols is 1. The molecule has 0 aliphatic rings. The first-order chi connectivity index (χ1) is 12.6. The predicted octanol–water partition coefficient (Wildman–Crippen LogP) is 5.20. The van der Waals surface area contributed by atoms with Crippen LogP contribution in [0, 0.1) is 25.0 Å². The van der Waals surface area contributed by atoms with Crippen molar-refractivity contribution in [2.45, 2.75) is 13.8 Å². The van der Waals surface area contributed by atoms with Crippen molar-refractivity contribution in [2.75, 3.05) is 0 Å². The van der Waals surface area contributed by atoms with E-state index in [1.165, 1.54) is 23.3 Å². The minimum absolute atomic E-state index is 0. The van der Waals surface area contributed by atoms with Crippen molar-refractivity contribution in [3.8, 4) is 5.75 Å². The van der Waals surface area contributed by atoms with Crippen LogP contribution < -0.4 is 0 Å². The van der Waals surface area contributed by atoms with Gasteiger partial charge in [-0.2, -0.15) is 48.2 Å². The molecule has 0 bridgehead atoms. The molecular weight excluding hydrogens is 455 g/mol. The van der Waals surface area contributed by atoms with Gasteiger partial charge in [0.05, 0.1) is 0 Å². The third-order valence-electron chi connectivity index (χ3n) is 3.27. The molecule has 5 heteroatoms. The van der Waals surface area contributed by atoms with Crippen LogP contribution in [0.2, 0.25) is 0 Å². The summed E-state index contributed by atoms with van der Waals surface area (Å²) in [6, 6.07) is 27.8. The molecule has 0 saturated heterocycles. The molecule has 0 heterocycles. The van der Waals surface area contributed by atoms with Crippen LogP contribution in [-0.4, -0.2) is 16.2 Å². The van der Waals surface area contributed by atoms with Gasteiger partial charge < -0.3 is 28.4 Å². The van der Waals surface area contributed by atoms with Gasteiger partial charge in [-0.25, -0.2) is 0 Å². The monoisotopic (exact) mass is 474 g/mol. The molecule has 0 unspecified atom stereocenters. The molecule has 136 valence electrons. The molecule has 0 aliphatic heterocycles. The Bertz CT molecular complexity index is 724. The number of hydrogen-bond acceptors (Lipinski definition) is 2. The summed E-state index contributed by atoms with van der Waals surface area (Å²) in [5, 5.41) is 17.2. The molecule has 0 atom stereocenters. The number of carboxylic acids is 1. The van der Waals surface area contributed by atoms with E-state index in [0.717, 1.165) is 0 Å². The van der Waals surface area contributed by atoms with Crippen molar-refractivity contribution >= 4 is 5.97 Å². The standard InChI is InChI=1S/2C8H9.C7H4O3.2Zn/c2*1-2-8-6-4-3-5-7-8;8-6-4-2-1-3-5(6)7(9)10;;/h2*2-7H,1H3;2-3,8H,(H,9,10);;/q2*-1;-2;2*+2. The Hall–Kier alpha value is -2.08. The van der Waals surface area contributed by atoms with Gasteiger partial charge in [0, 0.05) is 0 Å². The molecule has 3 nitrogen and oxygen atoms in total. The number of aromatic hydroxyl groups is 1. The summed E-state index contributed by atoms with van der Waals surface area (Å²) < 4.78 is 0. The van der Waals surface area contributed by atoms with Crippen LogP contribution in [0.1, 0.15) is 35.3 Å². The molecule has 3 rings (SSSR count). The smallest absolute Gasteiger partial charge is 0.557 e. The maximum Gasteiger partial charge on any atom is 2.00 e. The largest absolute Gasteiger partial charge is 2.00 e. The second kappa shape index (κ2) is 17.0. The van der Waals surface area contributed by atoms with E-state index in [0.29, 0.717) is 0 Å². The fraction of sp³-hybridized carbons (Fsp3) is 0.0870. The van der Waals surface area contributed by atoms with Crippen molar-refractivity contribution in [1.29, 1.82) is 0 Å². The minimum Gasteiger partial charge on any atom is -0.557 e. The van der Waals surface area contributed by atoms with E-state index in [1.54, 1.807) is 0 Å². The van der Waals surface area contributed by atoms with Gasteiger partial charge in [-0.15, -0.1) is 29.8 Å². The third kappa shape index (κ3) is 11.6. The summed E-state index contributed by atoms with van der Waals surface area (Å²) >= 11 is 0. The van der Waals surface area contributed by atoms with Crippen LogP contribution >= 0.6 is 0 Å². The molecule has 0 aromatic heterocycles. The van der Waals surface area contributed by atoms with E-state index < -0.39 is 5.97 Å². The summed E-state index contributed by atoms with van der Waals surface area (Å²) in [6.07, 6.45) is 4.17. The van der Waals surface area contributed by atoms with Gasteiger partial charge in [-0.05, 0) is 0 Å². The zero-order chi connectivity index (χ0) is 19.2. The predicted molar refractivity (Wildman–Crippen MR) is 104 cm³/mol. The molecule has 3 aromatic rings. The molecule has 0 amide bonds. The number of aromatic carboxylic acids is 1. The van der Waals surface area contributed by atoms with E-state index in [9.17, 15) is 4.79 Å². The minimum atomic E-state index is -1.18. The fourth-order valence-electron chi connectivity index (χ4n) is 1.84. The fourth-order valence-corrected chi connectivity index (χ4v) is 1.84. The zero-order valence-electron chi connectivity index (χ0n) is 16.3. The van der Waals surface area contributed by atoms with Gasteiger partial charge in [0.25, 0.3) is 0 Å². The zero-order valence-corrected chi connectivity index (χ0v) is 22.2. The number of benzene rings is 3. The topological polar surface area (TPSA) is 57.5 Å². The second-order valence-corrected chi connectivity index (χ2v) is 5.07. The normalized spacial score (nSPS) is 8.21. The van der Waals surface area contributed by atoms with Crippen LogP contribution in [0.4, 0.5) is 0 Å². The molecule has 0 spiro atoms. The van der Waals surface area contributed by atoms with Crippen LogP contribution in [0.15, 0.2) is 72.8 Å². The number of rotatable bonds is 3. The molecule has 0 fully saturated rings. The number of carboxylic acid groups (broad SMARTS) is 1. The van der Waals surface area contributed by atoms with Crippen LogP contribution in [0.3, 0.4) is 0 Å². The maximum atomic E-state index is 10.2. The molecule has 0 saturated carbocycles. The van der Waals surface area contributed by atoms with E-state index in [-0.39, 0.29) is 50.3 Å². The average molecular weight is 477 g/mol. The molecular formula is C23H22O3Zn2.